The lowest BCUT2D eigenvalue weighted by Crippen LogP contribution is -2.49. The fourth-order valence-electron chi connectivity index (χ4n) is 6.82. The highest BCUT2D eigenvalue weighted by atomic mass is 35.5. The normalized spacial score (nSPS) is 34.2. The summed E-state index contributed by atoms with van der Waals surface area (Å²) in [6.45, 7) is 0.991. The molecule has 0 unspecified atom stereocenters. The van der Waals surface area contributed by atoms with Gasteiger partial charge >= 0.3 is 0 Å². The number of nitrogens with zero attached hydrogens (tertiary/aromatic N) is 2. The maximum Gasteiger partial charge on any atom is 0.133 e. The number of halogens is 2. The van der Waals surface area contributed by atoms with Crippen molar-refractivity contribution in [3.05, 3.63) is 39.5 Å². The molecule has 5 aliphatic rings. The molecule has 0 amide bonds. The molecule has 1 aromatic carbocycles. The van der Waals surface area contributed by atoms with Crippen LogP contribution in [0, 0.1) is 17.8 Å². The van der Waals surface area contributed by atoms with Crippen LogP contribution in [0.2, 0.25) is 10.0 Å². The maximum atomic E-state index is 6.51. The lowest BCUT2D eigenvalue weighted by molar-refractivity contribution is -0.00770. The summed E-state index contributed by atoms with van der Waals surface area (Å²) in [5, 5.41) is 10.2. The van der Waals surface area contributed by atoms with Crippen molar-refractivity contribution in [3.63, 3.8) is 0 Å². The number of hydrogen-bond donors (Lipinski definition) is 1. The van der Waals surface area contributed by atoms with Gasteiger partial charge in [-0.25, -0.2) is 4.68 Å². The van der Waals surface area contributed by atoms with Gasteiger partial charge in [0, 0.05) is 22.5 Å². The quantitative estimate of drug-likeness (QED) is 0.724. The zero-order valence-corrected chi connectivity index (χ0v) is 16.3. The van der Waals surface area contributed by atoms with Crippen LogP contribution >= 0.6 is 23.2 Å². The predicted octanol–water partition coefficient (Wildman–Crippen LogP) is 5.61. The van der Waals surface area contributed by atoms with Crippen molar-refractivity contribution in [2.45, 2.75) is 50.4 Å². The Morgan fingerprint density at radius 1 is 1.04 bits per heavy atom. The van der Waals surface area contributed by atoms with Crippen molar-refractivity contribution in [1.82, 2.24) is 9.78 Å². The van der Waals surface area contributed by atoms with Crippen LogP contribution in [0.25, 0.3) is 5.69 Å². The molecule has 4 saturated carbocycles. The maximum absolute atomic E-state index is 6.51. The predicted molar refractivity (Wildman–Crippen MR) is 106 cm³/mol. The number of hydrogen-bond acceptors (Lipinski definition) is 2. The van der Waals surface area contributed by atoms with E-state index < -0.39 is 0 Å². The lowest BCUT2D eigenvalue weighted by Gasteiger charge is -2.56. The first-order chi connectivity index (χ1) is 12.6. The van der Waals surface area contributed by atoms with E-state index in [1.807, 2.05) is 22.9 Å². The molecule has 2 aromatic rings. The van der Waals surface area contributed by atoms with E-state index in [1.165, 1.54) is 49.8 Å². The number of anilines is 1. The molecule has 0 saturated heterocycles. The minimum Gasteiger partial charge on any atom is -0.369 e. The molecule has 4 aliphatic carbocycles. The Hall–Kier alpha value is -1.19. The van der Waals surface area contributed by atoms with Gasteiger partial charge in [0.15, 0.2) is 0 Å². The average Bonchev–Trinajstić information content (AvgIpc) is 3.18. The average molecular weight is 388 g/mol. The zero-order chi connectivity index (χ0) is 17.5. The van der Waals surface area contributed by atoms with Crippen LogP contribution in [0.15, 0.2) is 18.2 Å². The third kappa shape index (κ3) is 2.16. The van der Waals surface area contributed by atoms with E-state index in [1.54, 1.807) is 0 Å². The van der Waals surface area contributed by atoms with Crippen LogP contribution in [0.1, 0.15) is 49.8 Å². The second-order valence-electron chi connectivity index (χ2n) is 9.06. The molecule has 4 fully saturated rings. The minimum atomic E-state index is 0.307. The van der Waals surface area contributed by atoms with E-state index in [2.05, 4.69) is 5.32 Å². The summed E-state index contributed by atoms with van der Waals surface area (Å²) in [7, 11) is 0. The van der Waals surface area contributed by atoms with Gasteiger partial charge < -0.3 is 5.32 Å². The van der Waals surface area contributed by atoms with Crippen LogP contribution in [0.5, 0.6) is 0 Å². The summed E-state index contributed by atoms with van der Waals surface area (Å²) >= 11 is 12.8. The Kier molecular flexibility index (Phi) is 3.30. The smallest absolute Gasteiger partial charge is 0.133 e. The second-order valence-corrected chi connectivity index (χ2v) is 9.90. The van der Waals surface area contributed by atoms with Gasteiger partial charge in [0.05, 0.1) is 16.4 Å². The SMILES string of the molecule is Clc1ccc(Cl)c(-n2nc(C34CC5CC(CC(C5)C3)C4)c3c2NCC3)c1. The summed E-state index contributed by atoms with van der Waals surface area (Å²) in [6.07, 6.45) is 9.47. The van der Waals surface area contributed by atoms with Gasteiger partial charge in [-0.2, -0.15) is 5.10 Å². The summed E-state index contributed by atoms with van der Waals surface area (Å²) in [6, 6.07) is 5.64. The first-order valence-electron chi connectivity index (χ1n) is 9.93. The van der Waals surface area contributed by atoms with Gasteiger partial charge in [-0.05, 0) is 80.9 Å². The highest BCUT2D eigenvalue weighted by Gasteiger charge is 2.54. The molecular formula is C21H23Cl2N3. The van der Waals surface area contributed by atoms with Crippen molar-refractivity contribution in [2.75, 3.05) is 11.9 Å². The number of rotatable bonds is 2. The summed E-state index contributed by atoms with van der Waals surface area (Å²) in [5.74, 6) is 3.91. The Morgan fingerprint density at radius 2 is 1.73 bits per heavy atom. The molecule has 1 aliphatic heterocycles. The van der Waals surface area contributed by atoms with Crippen molar-refractivity contribution < 1.29 is 0 Å². The van der Waals surface area contributed by atoms with Crippen molar-refractivity contribution in [1.29, 1.82) is 0 Å². The largest absolute Gasteiger partial charge is 0.369 e. The van der Waals surface area contributed by atoms with E-state index in [0.717, 1.165) is 42.2 Å². The van der Waals surface area contributed by atoms with Crippen LogP contribution in [0.4, 0.5) is 5.82 Å². The molecule has 1 aromatic heterocycles. The van der Waals surface area contributed by atoms with Gasteiger partial charge in [-0.15, -0.1) is 0 Å². The molecule has 136 valence electrons. The Balaban J connectivity index is 1.52. The third-order valence-electron chi connectivity index (χ3n) is 7.33. The first kappa shape index (κ1) is 15.8. The number of benzene rings is 1. The van der Waals surface area contributed by atoms with Crippen molar-refractivity contribution in [3.8, 4) is 5.69 Å². The molecule has 3 nitrogen and oxygen atoms in total. The minimum absolute atomic E-state index is 0.307. The van der Waals surface area contributed by atoms with Gasteiger partial charge in [0.25, 0.3) is 0 Å². The molecule has 0 atom stereocenters. The van der Waals surface area contributed by atoms with Crippen LogP contribution < -0.4 is 5.32 Å². The van der Waals surface area contributed by atoms with Gasteiger partial charge in [-0.3, -0.25) is 0 Å². The van der Waals surface area contributed by atoms with Crippen LogP contribution in [-0.4, -0.2) is 16.3 Å². The van der Waals surface area contributed by atoms with E-state index in [0.29, 0.717) is 15.5 Å². The van der Waals surface area contributed by atoms with E-state index >= 15 is 0 Å². The topological polar surface area (TPSA) is 29.9 Å². The molecular weight excluding hydrogens is 365 g/mol. The second kappa shape index (κ2) is 5.42. The first-order valence-corrected chi connectivity index (χ1v) is 10.7. The monoisotopic (exact) mass is 387 g/mol. The Labute approximate surface area is 164 Å². The van der Waals surface area contributed by atoms with Crippen molar-refractivity contribution >= 4 is 29.0 Å². The fourth-order valence-corrected chi connectivity index (χ4v) is 7.19. The lowest BCUT2D eigenvalue weighted by atomic mass is 9.48. The van der Waals surface area contributed by atoms with E-state index in [9.17, 15) is 0 Å². The molecule has 0 radical (unpaired) electrons. The number of fused-ring (bicyclic) bond motifs is 1. The molecule has 4 bridgehead atoms. The Bertz CT molecular complexity index is 866. The number of nitrogens with one attached hydrogen (secondary N) is 1. The van der Waals surface area contributed by atoms with Gasteiger partial charge in [0.1, 0.15) is 5.82 Å². The summed E-state index contributed by atoms with van der Waals surface area (Å²) < 4.78 is 2.03. The molecule has 2 heterocycles. The fraction of sp³-hybridized carbons (Fsp3) is 0.571. The molecule has 1 N–H and O–H groups in total. The molecule has 0 spiro atoms. The van der Waals surface area contributed by atoms with Crippen LogP contribution in [-0.2, 0) is 11.8 Å². The zero-order valence-electron chi connectivity index (χ0n) is 14.8. The Morgan fingerprint density at radius 3 is 2.42 bits per heavy atom. The summed E-state index contributed by atoms with van der Waals surface area (Å²) in [5.41, 5.74) is 4.00. The van der Waals surface area contributed by atoms with E-state index in [-0.39, 0.29) is 0 Å². The summed E-state index contributed by atoms with van der Waals surface area (Å²) in [4.78, 5) is 0. The highest BCUT2D eigenvalue weighted by molar-refractivity contribution is 6.34. The molecule has 5 heteroatoms. The van der Waals surface area contributed by atoms with Crippen molar-refractivity contribution in [2.24, 2.45) is 17.8 Å². The third-order valence-corrected chi connectivity index (χ3v) is 7.88. The van der Waals surface area contributed by atoms with E-state index in [4.69, 9.17) is 28.3 Å². The van der Waals surface area contributed by atoms with Gasteiger partial charge in [0.2, 0.25) is 0 Å². The van der Waals surface area contributed by atoms with Gasteiger partial charge in [-0.1, -0.05) is 23.2 Å². The van der Waals surface area contributed by atoms with Crippen LogP contribution in [0.3, 0.4) is 0 Å². The molecule has 26 heavy (non-hydrogen) atoms. The molecule has 7 rings (SSSR count). The standard InChI is InChI=1S/C21H23Cl2N3/c22-15-1-2-17(23)18(8-15)26-20-16(3-4-24-20)19(25-26)21-9-12-5-13(10-21)7-14(6-12)11-21/h1-2,8,12-14,24H,3-7,9-11H2. The number of aromatic nitrogens is 2. The highest BCUT2D eigenvalue weighted by Crippen LogP contribution is 2.61.